The van der Waals surface area contributed by atoms with Gasteiger partial charge in [0.15, 0.2) is 5.82 Å². The molecule has 0 aliphatic heterocycles. The molecule has 2 heterocycles. The van der Waals surface area contributed by atoms with Gasteiger partial charge >= 0.3 is 0 Å². The Morgan fingerprint density at radius 2 is 1.67 bits per heavy atom. The molecule has 5 nitrogen and oxygen atoms in total. The van der Waals surface area contributed by atoms with Crippen molar-refractivity contribution in [3.05, 3.63) is 97.0 Å². The van der Waals surface area contributed by atoms with E-state index in [4.69, 9.17) is 0 Å². The number of pyridine rings is 1. The smallest absolute Gasteiger partial charge is 0.228 e. The van der Waals surface area contributed by atoms with Gasteiger partial charge in [0.2, 0.25) is 5.91 Å². The Morgan fingerprint density at radius 3 is 2.33 bits per heavy atom. The van der Waals surface area contributed by atoms with Crippen molar-refractivity contribution >= 4 is 11.6 Å². The van der Waals surface area contributed by atoms with Crippen LogP contribution in [-0.4, -0.2) is 20.7 Å². The maximum atomic E-state index is 12.3. The number of aromatic nitrogens is 3. The highest BCUT2D eigenvalue weighted by molar-refractivity contribution is 5.92. The molecule has 0 fully saturated rings. The normalized spacial score (nSPS) is 10.5. The first-order valence-electron chi connectivity index (χ1n) is 8.68. The van der Waals surface area contributed by atoms with Crippen LogP contribution in [0.1, 0.15) is 5.56 Å². The van der Waals surface area contributed by atoms with Crippen LogP contribution in [0.15, 0.2) is 91.4 Å². The quantitative estimate of drug-likeness (QED) is 0.587. The van der Waals surface area contributed by atoms with E-state index in [1.54, 1.807) is 17.1 Å². The summed E-state index contributed by atoms with van der Waals surface area (Å²) < 4.78 is 1.67. The Balaban J connectivity index is 1.38. The van der Waals surface area contributed by atoms with Gasteiger partial charge in [0.1, 0.15) is 0 Å². The lowest BCUT2D eigenvalue weighted by molar-refractivity contribution is -0.115. The van der Waals surface area contributed by atoms with Crippen molar-refractivity contribution in [2.75, 3.05) is 5.32 Å². The monoisotopic (exact) mass is 354 g/mol. The number of benzene rings is 2. The number of nitrogens with zero attached hydrogens (tertiary/aromatic N) is 3. The molecule has 2 aromatic heterocycles. The second kappa shape index (κ2) is 7.66. The SMILES string of the molecule is O=C(Cc1ccc(-c2ccccc2)cc1)Nc1ccc(-n2cccn2)nc1. The van der Waals surface area contributed by atoms with E-state index in [9.17, 15) is 4.79 Å². The number of carbonyl (C=O) groups is 1. The Kier molecular flexibility index (Phi) is 4.74. The predicted octanol–water partition coefficient (Wildman–Crippen LogP) is 4.12. The van der Waals surface area contributed by atoms with E-state index in [0.29, 0.717) is 17.9 Å². The number of rotatable bonds is 5. The van der Waals surface area contributed by atoms with Crippen LogP contribution < -0.4 is 5.32 Å². The minimum atomic E-state index is -0.0731. The van der Waals surface area contributed by atoms with E-state index in [-0.39, 0.29) is 5.91 Å². The van der Waals surface area contributed by atoms with E-state index >= 15 is 0 Å². The molecule has 0 atom stereocenters. The Bertz CT molecular complexity index is 1010. The van der Waals surface area contributed by atoms with Gasteiger partial charge in [-0.2, -0.15) is 5.10 Å². The molecule has 2 aromatic carbocycles. The number of hydrogen-bond acceptors (Lipinski definition) is 3. The Hall–Kier alpha value is -3.73. The number of carbonyl (C=O) groups excluding carboxylic acids is 1. The zero-order valence-corrected chi connectivity index (χ0v) is 14.6. The average molecular weight is 354 g/mol. The first-order valence-corrected chi connectivity index (χ1v) is 8.68. The zero-order chi connectivity index (χ0) is 18.5. The molecule has 1 N–H and O–H groups in total. The first kappa shape index (κ1) is 16.7. The minimum Gasteiger partial charge on any atom is -0.324 e. The molecule has 0 saturated carbocycles. The summed E-state index contributed by atoms with van der Waals surface area (Å²) in [5, 5.41) is 7.01. The second-order valence-corrected chi connectivity index (χ2v) is 6.14. The third-order valence-corrected chi connectivity index (χ3v) is 4.20. The first-order chi connectivity index (χ1) is 13.3. The van der Waals surface area contributed by atoms with Gasteiger partial charge in [-0.15, -0.1) is 0 Å². The maximum absolute atomic E-state index is 12.3. The summed E-state index contributed by atoms with van der Waals surface area (Å²) in [5.41, 5.74) is 3.93. The Morgan fingerprint density at radius 1 is 0.889 bits per heavy atom. The van der Waals surface area contributed by atoms with Crippen LogP contribution >= 0.6 is 0 Å². The molecule has 0 saturated heterocycles. The van der Waals surface area contributed by atoms with Crippen LogP contribution in [0.25, 0.3) is 16.9 Å². The molecule has 27 heavy (non-hydrogen) atoms. The lowest BCUT2D eigenvalue weighted by Gasteiger charge is -2.07. The van der Waals surface area contributed by atoms with Crippen molar-refractivity contribution in [1.82, 2.24) is 14.8 Å². The number of anilines is 1. The van der Waals surface area contributed by atoms with Crippen LogP contribution in [0, 0.1) is 0 Å². The fourth-order valence-electron chi connectivity index (χ4n) is 2.84. The highest BCUT2D eigenvalue weighted by Crippen LogP contribution is 2.19. The van der Waals surface area contributed by atoms with Crippen LogP contribution in [-0.2, 0) is 11.2 Å². The molecule has 5 heteroatoms. The Labute approximate surface area is 157 Å². The van der Waals surface area contributed by atoms with Gasteiger partial charge in [-0.3, -0.25) is 4.79 Å². The van der Waals surface area contributed by atoms with Crippen LogP contribution in [0.5, 0.6) is 0 Å². The molecule has 4 aromatic rings. The third-order valence-electron chi connectivity index (χ3n) is 4.20. The van der Waals surface area contributed by atoms with Crippen molar-refractivity contribution in [3.8, 4) is 16.9 Å². The molecule has 4 rings (SSSR count). The maximum Gasteiger partial charge on any atom is 0.228 e. The summed E-state index contributed by atoms with van der Waals surface area (Å²) in [5.74, 6) is 0.630. The van der Waals surface area contributed by atoms with Gasteiger partial charge in [-0.05, 0) is 34.9 Å². The summed E-state index contributed by atoms with van der Waals surface area (Å²) in [6.45, 7) is 0. The molecule has 0 aliphatic rings. The van der Waals surface area contributed by atoms with Gasteiger partial charge in [-0.25, -0.2) is 9.67 Å². The lowest BCUT2D eigenvalue weighted by Crippen LogP contribution is -2.14. The van der Waals surface area contributed by atoms with Gasteiger partial charge in [-0.1, -0.05) is 54.6 Å². The molecule has 0 unspecified atom stereocenters. The highest BCUT2D eigenvalue weighted by atomic mass is 16.1. The summed E-state index contributed by atoms with van der Waals surface area (Å²) in [6, 6.07) is 23.7. The van der Waals surface area contributed by atoms with Gasteiger partial charge in [0.05, 0.1) is 18.3 Å². The van der Waals surface area contributed by atoms with E-state index in [0.717, 1.165) is 16.7 Å². The average Bonchev–Trinajstić information content (AvgIpc) is 3.25. The van der Waals surface area contributed by atoms with Crippen molar-refractivity contribution in [2.45, 2.75) is 6.42 Å². The molecule has 1 amide bonds. The summed E-state index contributed by atoms with van der Waals surface area (Å²) in [4.78, 5) is 16.6. The molecular formula is C22H18N4O. The standard InChI is InChI=1S/C22H18N4O/c27-22(25-20-11-12-21(23-16-20)26-14-4-13-24-26)15-17-7-9-19(10-8-17)18-5-2-1-3-6-18/h1-14,16H,15H2,(H,25,27). The topological polar surface area (TPSA) is 59.8 Å². The third kappa shape index (κ3) is 4.10. The highest BCUT2D eigenvalue weighted by Gasteiger charge is 2.06. The summed E-state index contributed by atoms with van der Waals surface area (Å²) >= 11 is 0. The van der Waals surface area contributed by atoms with Crippen molar-refractivity contribution in [3.63, 3.8) is 0 Å². The largest absolute Gasteiger partial charge is 0.324 e. The summed E-state index contributed by atoms with van der Waals surface area (Å²) in [6.07, 6.45) is 5.46. The fourth-order valence-corrected chi connectivity index (χ4v) is 2.84. The summed E-state index contributed by atoms with van der Waals surface area (Å²) in [7, 11) is 0. The van der Waals surface area contributed by atoms with E-state index in [1.165, 1.54) is 0 Å². The van der Waals surface area contributed by atoms with Crippen molar-refractivity contribution in [1.29, 1.82) is 0 Å². The van der Waals surface area contributed by atoms with Gasteiger partial charge in [0, 0.05) is 12.4 Å². The van der Waals surface area contributed by atoms with Gasteiger partial charge in [0.25, 0.3) is 0 Å². The molecule has 132 valence electrons. The zero-order valence-electron chi connectivity index (χ0n) is 14.6. The number of hydrogen-bond donors (Lipinski definition) is 1. The van der Waals surface area contributed by atoms with Crippen molar-refractivity contribution < 1.29 is 4.79 Å². The van der Waals surface area contributed by atoms with E-state index in [2.05, 4.69) is 27.5 Å². The minimum absolute atomic E-state index is 0.0731. The molecule has 0 radical (unpaired) electrons. The van der Waals surface area contributed by atoms with Crippen LogP contribution in [0.4, 0.5) is 5.69 Å². The molecule has 0 bridgehead atoms. The fraction of sp³-hybridized carbons (Fsp3) is 0.0455. The predicted molar refractivity (Wildman–Crippen MR) is 106 cm³/mol. The second-order valence-electron chi connectivity index (χ2n) is 6.14. The molecule has 0 aliphatic carbocycles. The lowest BCUT2D eigenvalue weighted by atomic mass is 10.0. The van der Waals surface area contributed by atoms with E-state index in [1.807, 2.05) is 66.9 Å². The van der Waals surface area contributed by atoms with Gasteiger partial charge < -0.3 is 5.32 Å². The number of nitrogens with one attached hydrogen (secondary N) is 1. The van der Waals surface area contributed by atoms with E-state index < -0.39 is 0 Å². The van der Waals surface area contributed by atoms with Crippen molar-refractivity contribution in [2.24, 2.45) is 0 Å². The molecule has 0 spiro atoms. The molecular weight excluding hydrogens is 336 g/mol. The van der Waals surface area contributed by atoms with Crippen LogP contribution in [0.2, 0.25) is 0 Å². The van der Waals surface area contributed by atoms with Crippen LogP contribution in [0.3, 0.4) is 0 Å². The number of amides is 1.